The van der Waals surface area contributed by atoms with Crippen LogP contribution in [0.15, 0.2) is 11.1 Å². The third kappa shape index (κ3) is 2.43. The van der Waals surface area contributed by atoms with Crippen LogP contribution in [-0.2, 0) is 10.0 Å². The van der Waals surface area contributed by atoms with Crippen LogP contribution in [0.4, 0.5) is 0 Å². The number of likely N-dealkylation sites (N-methyl/N-ethyl adjacent to an activating group) is 1. The molecule has 1 aliphatic rings. The molecule has 0 aromatic carbocycles. The number of nitrogens with zero attached hydrogens (tertiary/aromatic N) is 2. The number of nitrogens with one attached hydrogen (secondary N) is 2. The van der Waals surface area contributed by atoms with Crippen LogP contribution in [0.1, 0.15) is 25.5 Å². The van der Waals surface area contributed by atoms with E-state index < -0.39 is 10.0 Å². The Morgan fingerprint density at radius 1 is 1.56 bits per heavy atom. The highest BCUT2D eigenvalue weighted by Crippen LogP contribution is 2.22. The highest BCUT2D eigenvalue weighted by atomic mass is 32.2. The summed E-state index contributed by atoms with van der Waals surface area (Å²) in [7, 11) is -3.44. The average molecular weight is 272 g/mol. The number of hydrogen-bond acceptors (Lipinski definition) is 4. The van der Waals surface area contributed by atoms with Gasteiger partial charge in [-0.3, -0.25) is 5.10 Å². The number of aromatic amines is 1. The first-order chi connectivity index (χ1) is 8.57. The molecule has 1 unspecified atom stereocenters. The smallest absolute Gasteiger partial charge is 0.246 e. The lowest BCUT2D eigenvalue weighted by atomic mass is 10.1. The van der Waals surface area contributed by atoms with Crippen LogP contribution < -0.4 is 5.32 Å². The van der Waals surface area contributed by atoms with Gasteiger partial charge >= 0.3 is 0 Å². The first-order valence-corrected chi connectivity index (χ1v) is 7.74. The first-order valence-electron chi connectivity index (χ1n) is 6.30. The highest BCUT2D eigenvalue weighted by Gasteiger charge is 2.32. The summed E-state index contributed by atoms with van der Waals surface area (Å²) >= 11 is 0. The third-order valence-electron chi connectivity index (χ3n) is 3.36. The summed E-state index contributed by atoms with van der Waals surface area (Å²) in [6.45, 7) is 5.79. The molecule has 1 aromatic rings. The molecule has 102 valence electrons. The zero-order chi connectivity index (χ0) is 13.2. The molecule has 0 aliphatic carbocycles. The Morgan fingerprint density at radius 2 is 2.33 bits per heavy atom. The van der Waals surface area contributed by atoms with E-state index in [-0.39, 0.29) is 10.9 Å². The van der Waals surface area contributed by atoms with Crippen LogP contribution in [0.5, 0.6) is 0 Å². The Kier molecular flexibility index (Phi) is 4.04. The van der Waals surface area contributed by atoms with Gasteiger partial charge in [0.2, 0.25) is 10.0 Å². The summed E-state index contributed by atoms with van der Waals surface area (Å²) in [5, 5.41) is 9.74. The van der Waals surface area contributed by atoms with E-state index in [1.54, 1.807) is 11.2 Å². The summed E-state index contributed by atoms with van der Waals surface area (Å²) < 4.78 is 26.7. The van der Waals surface area contributed by atoms with Crippen molar-refractivity contribution in [3.8, 4) is 0 Å². The van der Waals surface area contributed by atoms with Crippen LogP contribution in [0.25, 0.3) is 0 Å². The summed E-state index contributed by atoms with van der Waals surface area (Å²) in [5.41, 5.74) is 0.595. The Bertz CT molecular complexity index is 491. The SMILES string of the molecule is CCN(C1CCCNC1)S(=O)(=O)c1cn[nH]c1C. The molecule has 1 fully saturated rings. The minimum atomic E-state index is -3.44. The Hall–Kier alpha value is -0.920. The van der Waals surface area contributed by atoms with Crippen molar-refractivity contribution in [1.29, 1.82) is 0 Å². The van der Waals surface area contributed by atoms with Gasteiger partial charge in [0.15, 0.2) is 0 Å². The van der Waals surface area contributed by atoms with Crippen LogP contribution in [-0.4, -0.2) is 48.6 Å². The van der Waals surface area contributed by atoms with Crippen molar-refractivity contribution in [3.63, 3.8) is 0 Å². The Morgan fingerprint density at radius 3 is 2.83 bits per heavy atom. The molecule has 0 amide bonds. The zero-order valence-corrected chi connectivity index (χ0v) is 11.6. The molecule has 1 atom stereocenters. The lowest BCUT2D eigenvalue weighted by Gasteiger charge is -2.32. The van der Waals surface area contributed by atoms with Gasteiger partial charge in [0.05, 0.1) is 11.9 Å². The zero-order valence-electron chi connectivity index (χ0n) is 10.8. The molecule has 1 aromatic heterocycles. The van der Waals surface area contributed by atoms with Crippen molar-refractivity contribution in [2.24, 2.45) is 0 Å². The predicted octanol–water partition coefficient (Wildman–Crippen LogP) is 0.481. The quantitative estimate of drug-likeness (QED) is 0.835. The Balaban J connectivity index is 2.29. The van der Waals surface area contributed by atoms with E-state index in [1.807, 2.05) is 6.92 Å². The van der Waals surface area contributed by atoms with Crippen molar-refractivity contribution < 1.29 is 8.42 Å². The second-order valence-electron chi connectivity index (χ2n) is 4.57. The number of hydrogen-bond donors (Lipinski definition) is 2. The van der Waals surface area contributed by atoms with Crippen molar-refractivity contribution in [3.05, 3.63) is 11.9 Å². The van der Waals surface area contributed by atoms with Crippen molar-refractivity contribution in [1.82, 2.24) is 19.8 Å². The van der Waals surface area contributed by atoms with Gasteiger partial charge in [-0.25, -0.2) is 8.42 Å². The number of H-pyrrole nitrogens is 1. The summed E-state index contributed by atoms with van der Waals surface area (Å²) in [6.07, 6.45) is 3.32. The van der Waals surface area contributed by atoms with E-state index in [9.17, 15) is 8.42 Å². The maximum Gasteiger partial charge on any atom is 0.246 e. The van der Waals surface area contributed by atoms with Crippen LogP contribution in [0.2, 0.25) is 0 Å². The molecular weight excluding hydrogens is 252 g/mol. The fourth-order valence-electron chi connectivity index (χ4n) is 2.43. The molecular formula is C11H20N4O2S. The predicted molar refractivity (Wildman–Crippen MR) is 68.8 cm³/mol. The van der Waals surface area contributed by atoms with Gasteiger partial charge in [-0.2, -0.15) is 9.40 Å². The molecule has 7 heteroatoms. The van der Waals surface area contributed by atoms with E-state index in [0.29, 0.717) is 12.2 Å². The van der Waals surface area contributed by atoms with E-state index in [1.165, 1.54) is 6.20 Å². The van der Waals surface area contributed by atoms with Gasteiger partial charge in [0.25, 0.3) is 0 Å². The lowest BCUT2D eigenvalue weighted by molar-refractivity contribution is 0.274. The standard InChI is InChI=1S/C11H20N4O2S/c1-3-15(10-5-4-6-12-7-10)18(16,17)11-8-13-14-9(11)2/h8,10,12H,3-7H2,1-2H3,(H,13,14). The average Bonchev–Trinajstić information content (AvgIpc) is 2.78. The molecule has 0 radical (unpaired) electrons. The number of piperidine rings is 1. The normalized spacial score (nSPS) is 21.4. The monoisotopic (exact) mass is 272 g/mol. The van der Waals surface area contributed by atoms with Crippen molar-refractivity contribution >= 4 is 10.0 Å². The lowest BCUT2D eigenvalue weighted by Crippen LogP contribution is -2.48. The third-order valence-corrected chi connectivity index (χ3v) is 5.50. The van der Waals surface area contributed by atoms with Crippen LogP contribution >= 0.6 is 0 Å². The maximum absolute atomic E-state index is 12.6. The molecule has 2 N–H and O–H groups in total. The number of rotatable bonds is 4. The summed E-state index contributed by atoms with van der Waals surface area (Å²) in [6, 6.07) is 0.0445. The topological polar surface area (TPSA) is 78.1 Å². The molecule has 18 heavy (non-hydrogen) atoms. The molecule has 0 saturated carbocycles. The van der Waals surface area contributed by atoms with Crippen molar-refractivity contribution in [2.75, 3.05) is 19.6 Å². The van der Waals surface area contributed by atoms with E-state index >= 15 is 0 Å². The minimum absolute atomic E-state index is 0.0445. The van der Waals surface area contributed by atoms with Gasteiger partial charge < -0.3 is 5.32 Å². The van der Waals surface area contributed by atoms with Crippen molar-refractivity contribution in [2.45, 2.75) is 37.6 Å². The Labute approximate surface area is 108 Å². The fourth-order valence-corrected chi connectivity index (χ4v) is 4.21. The van der Waals surface area contributed by atoms with Gasteiger partial charge in [-0.1, -0.05) is 6.92 Å². The largest absolute Gasteiger partial charge is 0.315 e. The van der Waals surface area contributed by atoms with E-state index in [4.69, 9.17) is 0 Å². The van der Waals surface area contributed by atoms with E-state index in [2.05, 4.69) is 15.5 Å². The van der Waals surface area contributed by atoms with Crippen LogP contribution in [0.3, 0.4) is 0 Å². The second kappa shape index (κ2) is 5.38. The van der Waals surface area contributed by atoms with Crippen LogP contribution in [0, 0.1) is 6.92 Å². The number of aromatic nitrogens is 2. The second-order valence-corrected chi connectivity index (χ2v) is 6.43. The molecule has 1 saturated heterocycles. The molecule has 1 aliphatic heterocycles. The van der Waals surface area contributed by atoms with Gasteiger partial charge in [-0.15, -0.1) is 0 Å². The molecule has 6 nitrogen and oxygen atoms in total. The molecule has 0 spiro atoms. The van der Waals surface area contributed by atoms with Gasteiger partial charge in [0.1, 0.15) is 4.90 Å². The van der Waals surface area contributed by atoms with E-state index in [0.717, 1.165) is 25.9 Å². The number of sulfonamides is 1. The fraction of sp³-hybridized carbons (Fsp3) is 0.727. The maximum atomic E-state index is 12.6. The molecule has 0 bridgehead atoms. The minimum Gasteiger partial charge on any atom is -0.315 e. The highest BCUT2D eigenvalue weighted by molar-refractivity contribution is 7.89. The number of aryl methyl sites for hydroxylation is 1. The van der Waals surface area contributed by atoms with Gasteiger partial charge in [0, 0.05) is 19.1 Å². The molecule has 2 rings (SSSR count). The molecule has 2 heterocycles. The summed E-state index contributed by atoms with van der Waals surface area (Å²) in [5.74, 6) is 0. The summed E-state index contributed by atoms with van der Waals surface area (Å²) in [4.78, 5) is 0.287. The van der Waals surface area contributed by atoms with Gasteiger partial charge in [-0.05, 0) is 26.3 Å². The first kappa shape index (κ1) is 13.5.